The van der Waals surface area contributed by atoms with Gasteiger partial charge in [0.05, 0.1) is 18.4 Å². The Morgan fingerprint density at radius 2 is 2.00 bits per heavy atom. The lowest BCUT2D eigenvalue weighted by Gasteiger charge is -2.34. The SMILES string of the molecule is CCCCOc1cccc(C(=O)NCCN2CCN(c3nc4c(OC)ccc(C)c4s3)CC2)c1. The van der Waals surface area contributed by atoms with Crippen molar-refractivity contribution < 1.29 is 14.3 Å². The van der Waals surface area contributed by atoms with Gasteiger partial charge in [0.15, 0.2) is 5.13 Å². The zero-order valence-electron chi connectivity index (χ0n) is 20.3. The first-order valence-corrected chi connectivity index (χ1v) is 12.8. The lowest BCUT2D eigenvalue weighted by atomic mass is 10.2. The molecule has 4 rings (SSSR count). The van der Waals surface area contributed by atoms with Crippen LogP contribution in [0.1, 0.15) is 35.7 Å². The number of nitrogens with one attached hydrogen (secondary N) is 1. The molecule has 1 aliphatic rings. The fourth-order valence-electron chi connectivity index (χ4n) is 4.05. The molecule has 0 bridgehead atoms. The Labute approximate surface area is 205 Å². The smallest absolute Gasteiger partial charge is 0.251 e. The number of aryl methyl sites for hydroxylation is 1. The quantitative estimate of drug-likeness (QED) is 0.434. The maximum Gasteiger partial charge on any atom is 0.251 e. The van der Waals surface area contributed by atoms with E-state index in [1.54, 1.807) is 18.4 Å². The van der Waals surface area contributed by atoms with Crippen LogP contribution in [0.3, 0.4) is 0 Å². The molecule has 2 aromatic carbocycles. The lowest BCUT2D eigenvalue weighted by molar-refractivity contribution is 0.0947. The third kappa shape index (κ3) is 5.80. The van der Waals surface area contributed by atoms with Gasteiger partial charge in [-0.3, -0.25) is 9.69 Å². The van der Waals surface area contributed by atoms with Gasteiger partial charge in [-0.25, -0.2) is 4.98 Å². The number of amides is 1. The highest BCUT2D eigenvalue weighted by atomic mass is 32.1. The molecule has 1 aromatic heterocycles. The summed E-state index contributed by atoms with van der Waals surface area (Å²) in [6, 6.07) is 11.5. The van der Waals surface area contributed by atoms with Crippen molar-refractivity contribution in [1.82, 2.24) is 15.2 Å². The van der Waals surface area contributed by atoms with Crippen LogP contribution >= 0.6 is 11.3 Å². The number of fused-ring (bicyclic) bond motifs is 1. The van der Waals surface area contributed by atoms with Crippen LogP contribution in [0.25, 0.3) is 10.2 Å². The van der Waals surface area contributed by atoms with E-state index in [4.69, 9.17) is 14.5 Å². The van der Waals surface area contributed by atoms with E-state index in [0.717, 1.165) is 67.7 Å². The van der Waals surface area contributed by atoms with Gasteiger partial charge in [0.1, 0.15) is 17.0 Å². The number of nitrogens with zero attached hydrogens (tertiary/aromatic N) is 3. The Morgan fingerprint density at radius 3 is 2.76 bits per heavy atom. The molecule has 0 radical (unpaired) electrons. The summed E-state index contributed by atoms with van der Waals surface area (Å²) in [7, 11) is 1.69. The van der Waals surface area contributed by atoms with Gasteiger partial charge < -0.3 is 19.7 Å². The average molecular weight is 483 g/mol. The van der Waals surface area contributed by atoms with Crippen LogP contribution < -0.4 is 19.7 Å². The number of anilines is 1. The van der Waals surface area contributed by atoms with Gasteiger partial charge in [-0.2, -0.15) is 0 Å². The largest absolute Gasteiger partial charge is 0.494 e. The highest BCUT2D eigenvalue weighted by Crippen LogP contribution is 2.36. The predicted molar refractivity (Wildman–Crippen MR) is 139 cm³/mol. The summed E-state index contributed by atoms with van der Waals surface area (Å²) < 4.78 is 12.4. The molecule has 0 spiro atoms. The molecular formula is C26H34N4O3S. The lowest BCUT2D eigenvalue weighted by Crippen LogP contribution is -2.48. The predicted octanol–water partition coefficient (Wildman–Crippen LogP) is 4.34. The van der Waals surface area contributed by atoms with E-state index in [2.05, 4.69) is 35.0 Å². The number of carbonyl (C=O) groups excluding carboxylic acids is 1. The van der Waals surface area contributed by atoms with E-state index in [0.29, 0.717) is 18.7 Å². The number of hydrogen-bond donors (Lipinski definition) is 1. The van der Waals surface area contributed by atoms with Crippen LogP contribution in [0.15, 0.2) is 36.4 Å². The molecule has 1 fully saturated rings. The summed E-state index contributed by atoms with van der Waals surface area (Å²) in [5, 5.41) is 4.10. The Bertz CT molecular complexity index is 1110. The number of thiazole rings is 1. The highest BCUT2D eigenvalue weighted by molar-refractivity contribution is 7.22. The van der Waals surface area contributed by atoms with Crippen LogP contribution in [0.5, 0.6) is 11.5 Å². The number of piperazine rings is 1. The summed E-state index contributed by atoms with van der Waals surface area (Å²) in [4.78, 5) is 22.2. The molecule has 0 unspecified atom stereocenters. The average Bonchev–Trinajstić information content (AvgIpc) is 3.32. The third-order valence-corrected chi connectivity index (χ3v) is 7.38. The minimum atomic E-state index is -0.0571. The van der Waals surface area contributed by atoms with Crippen LogP contribution in [-0.2, 0) is 0 Å². The summed E-state index contributed by atoms with van der Waals surface area (Å²) in [5.74, 6) is 1.52. The maximum atomic E-state index is 12.6. The molecular weight excluding hydrogens is 448 g/mol. The van der Waals surface area contributed by atoms with Crippen LogP contribution in [0, 0.1) is 6.92 Å². The van der Waals surface area contributed by atoms with Gasteiger partial charge in [-0.15, -0.1) is 0 Å². The first-order valence-electron chi connectivity index (χ1n) is 12.0. The second kappa shape index (κ2) is 11.5. The second-order valence-electron chi connectivity index (χ2n) is 8.57. The third-order valence-electron chi connectivity index (χ3n) is 6.13. The molecule has 1 aliphatic heterocycles. The monoisotopic (exact) mass is 482 g/mol. The van der Waals surface area contributed by atoms with Crippen LogP contribution in [0.2, 0.25) is 0 Å². The Kier molecular flexibility index (Phi) is 8.24. The van der Waals surface area contributed by atoms with E-state index in [9.17, 15) is 4.79 Å². The number of rotatable bonds is 10. The van der Waals surface area contributed by atoms with Crippen molar-refractivity contribution in [2.24, 2.45) is 0 Å². The van der Waals surface area contributed by atoms with E-state index >= 15 is 0 Å². The normalized spacial score (nSPS) is 14.4. The number of unbranched alkanes of at least 4 members (excludes halogenated alkanes) is 1. The zero-order chi connectivity index (χ0) is 23.9. The van der Waals surface area contributed by atoms with Crippen molar-refractivity contribution in [2.75, 3.05) is 57.9 Å². The number of hydrogen-bond acceptors (Lipinski definition) is 7. The molecule has 2 heterocycles. The van der Waals surface area contributed by atoms with Crippen molar-refractivity contribution in [3.63, 3.8) is 0 Å². The summed E-state index contributed by atoms with van der Waals surface area (Å²) in [6.45, 7) is 10.1. The fraction of sp³-hybridized carbons (Fsp3) is 0.462. The van der Waals surface area contributed by atoms with Crippen molar-refractivity contribution >= 4 is 32.6 Å². The first kappa shape index (κ1) is 24.3. The fourth-order valence-corrected chi connectivity index (χ4v) is 5.16. The van der Waals surface area contributed by atoms with E-state index < -0.39 is 0 Å². The molecule has 0 saturated carbocycles. The van der Waals surface area contributed by atoms with Gasteiger partial charge in [0, 0.05) is 44.8 Å². The first-order chi connectivity index (χ1) is 16.6. The van der Waals surface area contributed by atoms with Crippen molar-refractivity contribution in [3.8, 4) is 11.5 Å². The molecule has 7 nitrogen and oxygen atoms in total. The van der Waals surface area contributed by atoms with Crippen LogP contribution in [-0.4, -0.2) is 68.8 Å². The molecule has 0 atom stereocenters. The van der Waals surface area contributed by atoms with E-state index in [1.807, 2.05) is 30.3 Å². The molecule has 34 heavy (non-hydrogen) atoms. The molecule has 8 heteroatoms. The van der Waals surface area contributed by atoms with E-state index in [-0.39, 0.29) is 5.91 Å². The Balaban J connectivity index is 1.24. The topological polar surface area (TPSA) is 66.9 Å². The van der Waals surface area contributed by atoms with Gasteiger partial charge in [0.2, 0.25) is 0 Å². The zero-order valence-corrected chi connectivity index (χ0v) is 21.1. The summed E-state index contributed by atoms with van der Waals surface area (Å²) in [6.07, 6.45) is 2.10. The van der Waals surface area contributed by atoms with Crippen molar-refractivity contribution in [2.45, 2.75) is 26.7 Å². The molecule has 1 N–H and O–H groups in total. The molecule has 182 valence electrons. The van der Waals surface area contributed by atoms with E-state index in [1.165, 1.54) is 10.3 Å². The molecule has 3 aromatic rings. The van der Waals surface area contributed by atoms with Gasteiger partial charge in [0.25, 0.3) is 5.91 Å². The molecule has 1 saturated heterocycles. The summed E-state index contributed by atoms with van der Waals surface area (Å²) in [5.41, 5.74) is 2.82. The minimum Gasteiger partial charge on any atom is -0.494 e. The maximum absolute atomic E-state index is 12.6. The van der Waals surface area contributed by atoms with Gasteiger partial charge in [-0.1, -0.05) is 36.8 Å². The second-order valence-corrected chi connectivity index (χ2v) is 9.55. The van der Waals surface area contributed by atoms with Gasteiger partial charge in [-0.05, 0) is 43.2 Å². The number of carbonyl (C=O) groups is 1. The minimum absolute atomic E-state index is 0.0571. The molecule has 0 aliphatic carbocycles. The van der Waals surface area contributed by atoms with Crippen LogP contribution in [0.4, 0.5) is 5.13 Å². The number of benzene rings is 2. The highest BCUT2D eigenvalue weighted by Gasteiger charge is 2.21. The van der Waals surface area contributed by atoms with Crippen molar-refractivity contribution in [3.05, 3.63) is 47.5 Å². The Morgan fingerprint density at radius 1 is 1.18 bits per heavy atom. The van der Waals surface area contributed by atoms with Gasteiger partial charge >= 0.3 is 0 Å². The molecule has 1 amide bonds. The standard InChI is InChI=1S/C26H34N4O3S/c1-4-5-17-33-21-8-6-7-20(18-21)25(31)27-11-12-29-13-15-30(16-14-29)26-28-23-22(32-3)10-9-19(2)24(23)34-26/h6-10,18H,4-5,11-17H2,1-3H3,(H,27,31). The number of aromatic nitrogens is 1. The van der Waals surface area contributed by atoms with Crippen molar-refractivity contribution in [1.29, 1.82) is 0 Å². The summed E-state index contributed by atoms with van der Waals surface area (Å²) >= 11 is 1.74. The Hall–Kier alpha value is -2.84. The number of methoxy groups -OCH3 is 1. The number of ether oxygens (including phenoxy) is 2.